The van der Waals surface area contributed by atoms with Crippen molar-refractivity contribution in [2.24, 2.45) is 0 Å². The third-order valence-electron chi connectivity index (χ3n) is 2.01. The Labute approximate surface area is 97.5 Å². The van der Waals surface area contributed by atoms with E-state index in [2.05, 4.69) is 20.3 Å². The molecule has 0 fully saturated rings. The van der Waals surface area contributed by atoms with Crippen molar-refractivity contribution in [3.8, 4) is 5.75 Å². The molecule has 16 heavy (non-hydrogen) atoms. The molecule has 0 spiro atoms. The van der Waals surface area contributed by atoms with Gasteiger partial charge in [-0.1, -0.05) is 0 Å². The van der Waals surface area contributed by atoms with E-state index in [9.17, 15) is 0 Å². The molecular weight excluding hydrogens is 224 g/mol. The van der Waals surface area contributed by atoms with Crippen molar-refractivity contribution >= 4 is 17.3 Å². The lowest BCUT2D eigenvalue weighted by Crippen LogP contribution is -2.07. The Morgan fingerprint density at radius 2 is 2.12 bits per heavy atom. The third kappa shape index (κ3) is 2.90. The topological polar surface area (TPSA) is 59.9 Å². The fourth-order valence-corrected chi connectivity index (χ4v) is 1.77. The molecule has 5 nitrogen and oxygen atoms in total. The molecule has 0 saturated heterocycles. The normalized spacial score (nSPS) is 10.1. The SMILES string of the molecule is COc1cnc(NCCc2cscn2)nc1. The van der Waals surface area contributed by atoms with Gasteiger partial charge in [0.05, 0.1) is 30.7 Å². The number of anilines is 1. The van der Waals surface area contributed by atoms with E-state index in [0.29, 0.717) is 11.7 Å². The van der Waals surface area contributed by atoms with Crippen molar-refractivity contribution in [3.63, 3.8) is 0 Å². The van der Waals surface area contributed by atoms with Crippen molar-refractivity contribution in [1.29, 1.82) is 0 Å². The van der Waals surface area contributed by atoms with Crippen LogP contribution in [0.25, 0.3) is 0 Å². The summed E-state index contributed by atoms with van der Waals surface area (Å²) < 4.78 is 4.97. The van der Waals surface area contributed by atoms with E-state index in [-0.39, 0.29) is 0 Å². The molecule has 0 saturated carbocycles. The highest BCUT2D eigenvalue weighted by molar-refractivity contribution is 7.07. The fourth-order valence-electron chi connectivity index (χ4n) is 1.18. The number of hydrogen-bond acceptors (Lipinski definition) is 6. The predicted octanol–water partition coefficient (Wildman–Crippen LogP) is 1.60. The second kappa shape index (κ2) is 5.41. The van der Waals surface area contributed by atoms with Gasteiger partial charge >= 0.3 is 0 Å². The quantitative estimate of drug-likeness (QED) is 0.854. The molecule has 0 aliphatic rings. The maximum Gasteiger partial charge on any atom is 0.222 e. The van der Waals surface area contributed by atoms with Crippen LogP contribution in [0.15, 0.2) is 23.3 Å². The zero-order valence-electron chi connectivity index (χ0n) is 8.88. The van der Waals surface area contributed by atoms with Gasteiger partial charge in [0.1, 0.15) is 0 Å². The number of nitrogens with zero attached hydrogens (tertiary/aromatic N) is 3. The summed E-state index contributed by atoms with van der Waals surface area (Å²) in [5.41, 5.74) is 2.92. The first kappa shape index (κ1) is 10.8. The van der Waals surface area contributed by atoms with Crippen LogP contribution in [0.5, 0.6) is 5.75 Å². The average molecular weight is 236 g/mol. The van der Waals surface area contributed by atoms with Crippen LogP contribution in [0.3, 0.4) is 0 Å². The van der Waals surface area contributed by atoms with Crippen LogP contribution in [0.4, 0.5) is 5.95 Å². The Balaban J connectivity index is 1.81. The molecule has 0 radical (unpaired) electrons. The van der Waals surface area contributed by atoms with E-state index in [0.717, 1.165) is 18.7 Å². The Bertz CT molecular complexity index is 415. The highest BCUT2D eigenvalue weighted by Gasteiger charge is 1.98. The van der Waals surface area contributed by atoms with Crippen LogP contribution in [0.2, 0.25) is 0 Å². The fraction of sp³-hybridized carbons (Fsp3) is 0.300. The van der Waals surface area contributed by atoms with Crippen LogP contribution >= 0.6 is 11.3 Å². The van der Waals surface area contributed by atoms with Crippen molar-refractivity contribution in [2.45, 2.75) is 6.42 Å². The summed E-state index contributed by atoms with van der Waals surface area (Å²) in [5, 5.41) is 5.16. The number of aromatic nitrogens is 3. The molecule has 0 aliphatic carbocycles. The number of thiazole rings is 1. The zero-order chi connectivity index (χ0) is 11.2. The lowest BCUT2D eigenvalue weighted by Gasteiger charge is -2.03. The smallest absolute Gasteiger partial charge is 0.222 e. The Kier molecular flexibility index (Phi) is 3.66. The van der Waals surface area contributed by atoms with Crippen LogP contribution in [-0.4, -0.2) is 28.6 Å². The zero-order valence-corrected chi connectivity index (χ0v) is 9.70. The van der Waals surface area contributed by atoms with Gasteiger partial charge in [0.15, 0.2) is 5.75 Å². The molecule has 0 amide bonds. The van der Waals surface area contributed by atoms with Gasteiger partial charge in [0, 0.05) is 18.3 Å². The molecule has 6 heteroatoms. The number of ether oxygens (including phenoxy) is 1. The highest BCUT2D eigenvalue weighted by atomic mass is 32.1. The molecule has 0 bridgehead atoms. The number of nitrogens with one attached hydrogen (secondary N) is 1. The molecular formula is C10H12N4OS. The van der Waals surface area contributed by atoms with Gasteiger partial charge in [-0.05, 0) is 0 Å². The minimum Gasteiger partial charge on any atom is -0.494 e. The lowest BCUT2D eigenvalue weighted by atomic mass is 10.3. The van der Waals surface area contributed by atoms with Gasteiger partial charge in [-0.25, -0.2) is 15.0 Å². The number of rotatable bonds is 5. The van der Waals surface area contributed by atoms with Gasteiger partial charge in [0.2, 0.25) is 5.95 Å². The monoisotopic (exact) mass is 236 g/mol. The first-order valence-corrected chi connectivity index (χ1v) is 5.80. The van der Waals surface area contributed by atoms with Crippen LogP contribution < -0.4 is 10.1 Å². The molecule has 0 atom stereocenters. The van der Waals surface area contributed by atoms with Gasteiger partial charge in [0.25, 0.3) is 0 Å². The first-order valence-electron chi connectivity index (χ1n) is 4.85. The van der Waals surface area contributed by atoms with E-state index >= 15 is 0 Å². The Hall–Kier alpha value is -1.69. The Morgan fingerprint density at radius 3 is 2.75 bits per heavy atom. The third-order valence-corrected chi connectivity index (χ3v) is 2.65. The molecule has 0 unspecified atom stereocenters. The standard InChI is InChI=1S/C10H12N4OS/c1-15-9-4-12-10(13-5-9)11-3-2-8-6-16-7-14-8/h4-7H,2-3H2,1H3,(H,11,12,13). The first-order chi connectivity index (χ1) is 7.88. The van der Waals surface area contributed by atoms with Crippen LogP contribution in [0.1, 0.15) is 5.69 Å². The maximum atomic E-state index is 4.97. The lowest BCUT2D eigenvalue weighted by molar-refractivity contribution is 0.411. The van der Waals surface area contributed by atoms with E-state index in [4.69, 9.17) is 4.74 Å². The van der Waals surface area contributed by atoms with Gasteiger partial charge < -0.3 is 10.1 Å². The summed E-state index contributed by atoms with van der Waals surface area (Å²) in [7, 11) is 1.59. The van der Waals surface area contributed by atoms with Crippen molar-refractivity contribution in [2.75, 3.05) is 19.0 Å². The molecule has 1 N–H and O–H groups in total. The van der Waals surface area contributed by atoms with Crippen LogP contribution in [-0.2, 0) is 6.42 Å². The minimum atomic E-state index is 0.607. The molecule has 84 valence electrons. The summed E-state index contributed by atoms with van der Waals surface area (Å²) in [6.07, 6.45) is 4.15. The maximum absolute atomic E-state index is 4.97. The second-order valence-corrected chi connectivity index (χ2v) is 3.82. The summed E-state index contributed by atoms with van der Waals surface area (Å²) in [6, 6.07) is 0. The summed E-state index contributed by atoms with van der Waals surface area (Å²) >= 11 is 1.60. The van der Waals surface area contributed by atoms with Crippen molar-refractivity contribution < 1.29 is 4.74 Å². The number of methoxy groups -OCH3 is 1. The van der Waals surface area contributed by atoms with E-state index in [1.54, 1.807) is 30.8 Å². The second-order valence-electron chi connectivity index (χ2n) is 3.10. The van der Waals surface area contributed by atoms with E-state index in [1.165, 1.54) is 0 Å². The Morgan fingerprint density at radius 1 is 1.31 bits per heavy atom. The van der Waals surface area contributed by atoms with Gasteiger partial charge in [-0.2, -0.15) is 0 Å². The summed E-state index contributed by atoms with van der Waals surface area (Å²) in [5.74, 6) is 1.26. The highest BCUT2D eigenvalue weighted by Crippen LogP contribution is 2.07. The molecule has 0 aromatic carbocycles. The average Bonchev–Trinajstić information content (AvgIpc) is 2.83. The number of hydrogen-bond donors (Lipinski definition) is 1. The van der Waals surface area contributed by atoms with E-state index in [1.807, 2.05) is 10.9 Å². The van der Waals surface area contributed by atoms with Gasteiger partial charge in [-0.15, -0.1) is 11.3 Å². The molecule has 2 aromatic heterocycles. The van der Waals surface area contributed by atoms with Crippen molar-refractivity contribution in [3.05, 3.63) is 29.0 Å². The predicted molar refractivity (Wildman–Crippen MR) is 62.9 cm³/mol. The largest absolute Gasteiger partial charge is 0.494 e. The summed E-state index contributed by atoms with van der Waals surface area (Å²) in [6.45, 7) is 0.774. The van der Waals surface area contributed by atoms with E-state index < -0.39 is 0 Å². The van der Waals surface area contributed by atoms with Crippen molar-refractivity contribution in [1.82, 2.24) is 15.0 Å². The molecule has 2 heterocycles. The summed E-state index contributed by atoms with van der Waals surface area (Å²) in [4.78, 5) is 12.4. The molecule has 0 aliphatic heterocycles. The molecule has 2 aromatic rings. The minimum absolute atomic E-state index is 0.607. The molecule has 2 rings (SSSR count). The van der Waals surface area contributed by atoms with Crippen LogP contribution in [0, 0.1) is 0 Å². The van der Waals surface area contributed by atoms with Gasteiger partial charge in [-0.3, -0.25) is 0 Å².